The molecule has 6 aromatic carbocycles. The van der Waals surface area contributed by atoms with Crippen LogP contribution in [0, 0.1) is 0 Å². The normalized spacial score (nSPS) is 12.1. The highest BCUT2D eigenvalue weighted by Crippen LogP contribution is 2.38. The summed E-state index contributed by atoms with van der Waals surface area (Å²) in [5, 5.41) is 4.60. The van der Waals surface area contributed by atoms with Gasteiger partial charge in [0, 0.05) is 57.2 Å². The van der Waals surface area contributed by atoms with E-state index < -0.39 is 0 Å². The topological polar surface area (TPSA) is 79.9 Å². The third-order valence-electron chi connectivity index (χ3n) is 12.4. The lowest BCUT2D eigenvalue weighted by Gasteiger charge is -2.19. The second-order valence-corrected chi connectivity index (χ2v) is 18.9. The molecule has 5 heterocycles. The fraction of sp³-hybridized carbons (Fsp3) is 0.138. The Morgan fingerprint density at radius 3 is 1.15 bits per heavy atom. The van der Waals surface area contributed by atoms with Crippen molar-refractivity contribution in [1.29, 1.82) is 0 Å². The number of hydrogen-bond acceptors (Lipinski definition) is 6. The molecule has 8 nitrogen and oxygen atoms in total. The molecule has 0 saturated carbocycles. The van der Waals surface area contributed by atoms with Gasteiger partial charge in [-0.1, -0.05) is 114 Å². The van der Waals surface area contributed by atoms with Crippen molar-refractivity contribution in [2.24, 2.45) is 0 Å². The van der Waals surface area contributed by atoms with E-state index in [1.54, 1.807) is 12.4 Å². The highest BCUT2D eigenvalue weighted by Gasteiger charge is 2.20. The highest BCUT2D eigenvalue weighted by molar-refractivity contribution is 6.10. The Bertz CT molecular complexity index is 3350. The van der Waals surface area contributed by atoms with Gasteiger partial charge >= 0.3 is 0 Å². The Hall–Kier alpha value is -8.10. The summed E-state index contributed by atoms with van der Waals surface area (Å²) in [6.45, 7) is 13.2. The van der Waals surface area contributed by atoms with E-state index in [0.29, 0.717) is 11.5 Å². The first kappa shape index (κ1) is 40.7. The quantitative estimate of drug-likeness (QED) is 0.151. The summed E-state index contributed by atoms with van der Waals surface area (Å²) in [6, 6.07) is 53.9. The molecular formula is C58H48N6O2. The Kier molecular flexibility index (Phi) is 9.77. The zero-order chi connectivity index (χ0) is 45.2. The number of rotatable bonds is 8. The summed E-state index contributed by atoms with van der Waals surface area (Å²) in [5.41, 5.74) is 9.93. The molecule has 0 atom stereocenters. The summed E-state index contributed by atoms with van der Waals surface area (Å²) >= 11 is 0. The smallest absolute Gasteiger partial charge is 0.137 e. The average molecular weight is 861 g/mol. The third-order valence-corrected chi connectivity index (χ3v) is 12.4. The molecule has 0 bridgehead atoms. The summed E-state index contributed by atoms with van der Waals surface area (Å²) in [6.07, 6.45) is 7.58. The predicted octanol–water partition coefficient (Wildman–Crippen LogP) is 15.0. The molecule has 322 valence electrons. The molecule has 0 radical (unpaired) electrons. The van der Waals surface area contributed by atoms with Crippen LogP contribution in [0.25, 0.3) is 77.8 Å². The zero-order valence-electron chi connectivity index (χ0n) is 37.8. The van der Waals surface area contributed by atoms with Gasteiger partial charge in [-0.15, -0.1) is 0 Å². The second kappa shape index (κ2) is 15.9. The van der Waals surface area contributed by atoms with Crippen LogP contribution in [0.2, 0.25) is 0 Å². The molecule has 0 amide bonds. The maximum absolute atomic E-state index is 6.54. The number of para-hydroxylation sites is 2. The zero-order valence-corrected chi connectivity index (χ0v) is 37.8. The Morgan fingerprint density at radius 1 is 0.348 bits per heavy atom. The molecule has 0 aliphatic carbocycles. The van der Waals surface area contributed by atoms with E-state index in [1.807, 2.05) is 73.1 Å². The maximum Gasteiger partial charge on any atom is 0.137 e. The summed E-state index contributed by atoms with van der Waals surface area (Å²) in [7, 11) is 0. The average Bonchev–Trinajstić information content (AvgIpc) is 3.83. The van der Waals surface area contributed by atoms with E-state index in [9.17, 15) is 0 Å². The molecule has 0 aliphatic rings. The van der Waals surface area contributed by atoms with Gasteiger partial charge < -0.3 is 9.47 Å². The number of benzene rings is 6. The number of ether oxygens (including phenoxy) is 2. The van der Waals surface area contributed by atoms with Crippen LogP contribution < -0.4 is 9.47 Å². The van der Waals surface area contributed by atoms with Gasteiger partial charge in [-0.25, -0.2) is 9.97 Å². The van der Waals surface area contributed by atoms with Crippen LogP contribution in [-0.2, 0) is 10.8 Å². The van der Waals surface area contributed by atoms with E-state index in [4.69, 9.17) is 29.4 Å². The molecule has 66 heavy (non-hydrogen) atoms. The van der Waals surface area contributed by atoms with Gasteiger partial charge in [0.15, 0.2) is 0 Å². The number of fused-ring (bicyclic) bond motifs is 6. The molecule has 0 unspecified atom stereocenters. The Balaban J connectivity index is 0.839. The minimum atomic E-state index is 0.0132. The lowest BCUT2D eigenvalue weighted by Crippen LogP contribution is -2.11. The minimum Gasteiger partial charge on any atom is -0.457 e. The summed E-state index contributed by atoms with van der Waals surface area (Å²) in [5.74, 6) is 4.58. The van der Waals surface area contributed by atoms with Crippen LogP contribution in [0.1, 0.15) is 52.7 Å². The van der Waals surface area contributed by atoms with Crippen molar-refractivity contribution in [2.45, 2.75) is 52.4 Å². The standard InChI is InChI=1S/C58H48N6O2/c1-57(2,3)39-21-27-55(61-33-39)63-51-19-9-7-17-45(51)47-25-23-43(31-53(47)63)65-41-15-11-13-37(29-41)49-35-60-50(36-59-49)38-14-12-16-42(30-38)66-44-24-26-48-46-18-8-10-20-52(46)64(54(48)32-44)56-28-22-40(34-62-56)58(4,5)6/h7-36H,1-6H3. The van der Waals surface area contributed by atoms with Crippen molar-refractivity contribution in [2.75, 3.05) is 0 Å². The van der Waals surface area contributed by atoms with Crippen LogP contribution in [0.3, 0.4) is 0 Å². The summed E-state index contributed by atoms with van der Waals surface area (Å²) < 4.78 is 17.5. The number of pyridine rings is 2. The fourth-order valence-corrected chi connectivity index (χ4v) is 8.78. The monoisotopic (exact) mass is 860 g/mol. The lowest BCUT2D eigenvalue weighted by atomic mass is 9.88. The van der Waals surface area contributed by atoms with Crippen molar-refractivity contribution in [1.82, 2.24) is 29.1 Å². The molecule has 8 heteroatoms. The molecule has 0 fully saturated rings. The van der Waals surface area contributed by atoms with Crippen molar-refractivity contribution >= 4 is 43.6 Å². The van der Waals surface area contributed by atoms with Gasteiger partial charge in [0.2, 0.25) is 0 Å². The van der Waals surface area contributed by atoms with Crippen LogP contribution in [0.5, 0.6) is 23.0 Å². The van der Waals surface area contributed by atoms with E-state index in [-0.39, 0.29) is 10.8 Å². The Labute approximate surface area is 383 Å². The van der Waals surface area contributed by atoms with Crippen LogP contribution in [0.4, 0.5) is 0 Å². The maximum atomic E-state index is 6.54. The fourth-order valence-electron chi connectivity index (χ4n) is 8.78. The number of nitrogens with zero attached hydrogens (tertiary/aromatic N) is 6. The molecule has 0 N–H and O–H groups in total. The first-order valence-electron chi connectivity index (χ1n) is 22.3. The molecule has 5 aromatic heterocycles. The van der Waals surface area contributed by atoms with E-state index >= 15 is 0 Å². The van der Waals surface area contributed by atoms with Crippen LogP contribution in [0.15, 0.2) is 183 Å². The minimum absolute atomic E-state index is 0.0132. The van der Waals surface area contributed by atoms with Crippen LogP contribution in [-0.4, -0.2) is 29.1 Å². The van der Waals surface area contributed by atoms with Gasteiger partial charge in [0.05, 0.1) is 45.8 Å². The number of hydrogen-bond donors (Lipinski definition) is 0. The molecule has 11 rings (SSSR count). The van der Waals surface area contributed by atoms with Crippen molar-refractivity contribution in [3.05, 3.63) is 194 Å². The molecule has 0 aliphatic heterocycles. The predicted molar refractivity (Wildman–Crippen MR) is 268 cm³/mol. The first-order valence-corrected chi connectivity index (χ1v) is 22.3. The SMILES string of the molecule is CC(C)(C)c1ccc(-n2c3ccccc3c3ccc(Oc4cccc(-c5cnc(-c6cccc(Oc7ccc8c9ccccc9n(-c9ccc(C(C)(C)C)cn9)c8c7)c6)cn5)c4)cc32)nc1. The van der Waals surface area contributed by atoms with Gasteiger partial charge in [-0.2, -0.15) is 0 Å². The van der Waals surface area contributed by atoms with Crippen molar-refractivity contribution in [3.63, 3.8) is 0 Å². The highest BCUT2D eigenvalue weighted by atomic mass is 16.5. The first-order chi connectivity index (χ1) is 31.9. The molecule has 0 spiro atoms. The van der Waals surface area contributed by atoms with Crippen molar-refractivity contribution in [3.8, 4) is 57.1 Å². The largest absolute Gasteiger partial charge is 0.457 e. The summed E-state index contributed by atoms with van der Waals surface area (Å²) in [4.78, 5) is 19.6. The van der Waals surface area contributed by atoms with Gasteiger partial charge in [0.1, 0.15) is 34.6 Å². The number of aromatic nitrogens is 6. The van der Waals surface area contributed by atoms with Gasteiger partial charge in [-0.3, -0.25) is 19.1 Å². The molecule has 0 saturated heterocycles. The van der Waals surface area contributed by atoms with E-state index in [0.717, 1.165) is 89.3 Å². The Morgan fingerprint density at radius 2 is 0.758 bits per heavy atom. The third kappa shape index (κ3) is 7.50. The molecule has 11 aromatic rings. The van der Waals surface area contributed by atoms with Crippen LogP contribution >= 0.6 is 0 Å². The van der Waals surface area contributed by atoms with Gasteiger partial charge in [-0.05, 0) is 94.8 Å². The van der Waals surface area contributed by atoms with Crippen molar-refractivity contribution < 1.29 is 9.47 Å². The van der Waals surface area contributed by atoms with E-state index in [1.165, 1.54) is 11.1 Å². The van der Waals surface area contributed by atoms with E-state index in [2.05, 4.69) is 148 Å². The van der Waals surface area contributed by atoms with Gasteiger partial charge in [0.25, 0.3) is 0 Å². The lowest BCUT2D eigenvalue weighted by molar-refractivity contribution is 0.483. The second-order valence-electron chi connectivity index (χ2n) is 18.9. The molecular weight excluding hydrogens is 813 g/mol.